The Morgan fingerprint density at radius 1 is 1.29 bits per heavy atom. The zero-order valence-electron chi connectivity index (χ0n) is 12.6. The Labute approximate surface area is 124 Å². The Kier molecular flexibility index (Phi) is 4.82. The van der Waals surface area contributed by atoms with Gasteiger partial charge in [0.1, 0.15) is 12.1 Å². The zero-order valence-corrected chi connectivity index (χ0v) is 12.6. The van der Waals surface area contributed by atoms with Crippen molar-refractivity contribution in [2.24, 2.45) is 5.73 Å². The first kappa shape index (κ1) is 15.8. The van der Waals surface area contributed by atoms with Crippen LogP contribution in [0.15, 0.2) is 0 Å². The zero-order chi connectivity index (χ0) is 15.5. The van der Waals surface area contributed by atoms with Gasteiger partial charge in [-0.25, -0.2) is 4.79 Å². The highest BCUT2D eigenvalue weighted by molar-refractivity contribution is 6.08. The SMILES string of the molecule is CN1C(=O)N(CC(=O)NCCCN)C(=O)C12CCCCC2. The van der Waals surface area contributed by atoms with E-state index in [9.17, 15) is 14.4 Å². The number of urea groups is 1. The average Bonchev–Trinajstić information content (AvgIpc) is 2.65. The number of rotatable bonds is 5. The van der Waals surface area contributed by atoms with E-state index in [4.69, 9.17) is 5.73 Å². The van der Waals surface area contributed by atoms with Crippen LogP contribution in [-0.2, 0) is 9.59 Å². The predicted molar refractivity (Wildman–Crippen MR) is 77.4 cm³/mol. The first-order valence-electron chi connectivity index (χ1n) is 7.59. The highest BCUT2D eigenvalue weighted by atomic mass is 16.2. The average molecular weight is 296 g/mol. The summed E-state index contributed by atoms with van der Waals surface area (Å²) in [4.78, 5) is 39.4. The number of nitrogens with two attached hydrogens (primary N) is 1. The van der Waals surface area contributed by atoms with E-state index in [1.807, 2.05) is 0 Å². The summed E-state index contributed by atoms with van der Waals surface area (Å²) in [5.74, 6) is -0.532. The smallest absolute Gasteiger partial charge is 0.327 e. The number of likely N-dealkylation sites (N-methyl/N-ethyl adjacent to an activating group) is 1. The molecule has 0 atom stereocenters. The van der Waals surface area contributed by atoms with Gasteiger partial charge in [0, 0.05) is 13.6 Å². The molecular weight excluding hydrogens is 272 g/mol. The molecule has 118 valence electrons. The van der Waals surface area contributed by atoms with Gasteiger partial charge >= 0.3 is 6.03 Å². The molecular formula is C14H24N4O3. The van der Waals surface area contributed by atoms with Gasteiger partial charge in [-0.1, -0.05) is 19.3 Å². The molecule has 1 saturated heterocycles. The van der Waals surface area contributed by atoms with Crippen molar-refractivity contribution in [3.8, 4) is 0 Å². The molecule has 7 nitrogen and oxygen atoms in total. The fourth-order valence-corrected chi connectivity index (χ4v) is 3.20. The van der Waals surface area contributed by atoms with Crippen LogP contribution in [0.3, 0.4) is 0 Å². The topological polar surface area (TPSA) is 95.7 Å². The molecule has 0 bridgehead atoms. The third-order valence-electron chi connectivity index (χ3n) is 4.49. The highest BCUT2D eigenvalue weighted by Gasteiger charge is 2.55. The summed E-state index contributed by atoms with van der Waals surface area (Å²) in [5.41, 5.74) is 4.64. The van der Waals surface area contributed by atoms with Gasteiger partial charge in [-0.2, -0.15) is 0 Å². The summed E-state index contributed by atoms with van der Waals surface area (Å²) >= 11 is 0. The van der Waals surface area contributed by atoms with Crippen LogP contribution in [0.4, 0.5) is 4.79 Å². The molecule has 7 heteroatoms. The molecule has 0 aromatic rings. The number of nitrogens with one attached hydrogen (secondary N) is 1. The maximum Gasteiger partial charge on any atom is 0.327 e. The number of hydrogen-bond donors (Lipinski definition) is 2. The molecule has 2 aliphatic rings. The minimum atomic E-state index is -0.715. The lowest BCUT2D eigenvalue weighted by Crippen LogP contribution is -2.49. The van der Waals surface area contributed by atoms with Crippen LogP contribution >= 0.6 is 0 Å². The number of nitrogens with zero attached hydrogens (tertiary/aromatic N) is 2. The summed E-state index contributed by atoms with van der Waals surface area (Å²) < 4.78 is 0. The lowest BCUT2D eigenvalue weighted by atomic mass is 9.81. The van der Waals surface area contributed by atoms with E-state index in [0.29, 0.717) is 32.4 Å². The van der Waals surface area contributed by atoms with Crippen LogP contribution in [0.5, 0.6) is 0 Å². The maximum absolute atomic E-state index is 12.6. The molecule has 1 aliphatic carbocycles. The summed E-state index contributed by atoms with van der Waals surface area (Å²) in [6.45, 7) is 0.759. The van der Waals surface area contributed by atoms with E-state index >= 15 is 0 Å². The molecule has 0 aromatic heterocycles. The molecule has 1 heterocycles. The minimum Gasteiger partial charge on any atom is -0.354 e. The summed E-state index contributed by atoms with van der Waals surface area (Å²) in [6, 6.07) is -0.365. The van der Waals surface area contributed by atoms with Gasteiger partial charge < -0.3 is 16.0 Å². The van der Waals surface area contributed by atoms with E-state index in [0.717, 1.165) is 24.2 Å². The van der Waals surface area contributed by atoms with Crippen molar-refractivity contribution in [3.63, 3.8) is 0 Å². The van der Waals surface area contributed by atoms with E-state index in [1.54, 1.807) is 7.05 Å². The molecule has 0 unspecified atom stereocenters. The Hall–Kier alpha value is -1.63. The molecule has 0 aromatic carbocycles. The van der Waals surface area contributed by atoms with Gasteiger partial charge in [0.2, 0.25) is 5.91 Å². The Morgan fingerprint density at radius 2 is 1.95 bits per heavy atom. The second-order valence-electron chi connectivity index (χ2n) is 5.82. The van der Waals surface area contributed by atoms with Gasteiger partial charge in [0.25, 0.3) is 5.91 Å². The molecule has 1 saturated carbocycles. The fourth-order valence-electron chi connectivity index (χ4n) is 3.20. The van der Waals surface area contributed by atoms with Crippen molar-refractivity contribution < 1.29 is 14.4 Å². The second-order valence-corrected chi connectivity index (χ2v) is 5.82. The van der Waals surface area contributed by atoms with Crippen LogP contribution < -0.4 is 11.1 Å². The van der Waals surface area contributed by atoms with Crippen LogP contribution in [0.2, 0.25) is 0 Å². The standard InChI is InChI=1S/C14H24N4O3/c1-17-13(21)18(10-11(19)16-9-5-8-15)12(20)14(17)6-3-2-4-7-14/h2-10,15H2,1H3,(H,16,19). The normalized spacial score (nSPS) is 21.2. The molecule has 2 rings (SSSR count). The lowest BCUT2D eigenvalue weighted by Gasteiger charge is -2.35. The van der Waals surface area contributed by atoms with Gasteiger partial charge in [0.05, 0.1) is 0 Å². The number of amides is 4. The van der Waals surface area contributed by atoms with Crippen molar-refractivity contribution in [3.05, 3.63) is 0 Å². The van der Waals surface area contributed by atoms with Crippen molar-refractivity contribution >= 4 is 17.8 Å². The van der Waals surface area contributed by atoms with Gasteiger partial charge in [-0.05, 0) is 25.8 Å². The number of hydrogen-bond acceptors (Lipinski definition) is 4. The number of imide groups is 1. The van der Waals surface area contributed by atoms with Gasteiger partial charge in [-0.15, -0.1) is 0 Å². The maximum atomic E-state index is 12.6. The summed E-state index contributed by atoms with van der Waals surface area (Å²) in [5, 5.41) is 2.67. The first-order chi connectivity index (χ1) is 10.0. The molecule has 21 heavy (non-hydrogen) atoms. The third-order valence-corrected chi connectivity index (χ3v) is 4.49. The third kappa shape index (κ3) is 2.88. The van der Waals surface area contributed by atoms with Gasteiger partial charge in [0.15, 0.2) is 0 Å². The lowest BCUT2D eigenvalue weighted by molar-refractivity contribution is -0.137. The van der Waals surface area contributed by atoms with Crippen molar-refractivity contribution in [2.75, 3.05) is 26.7 Å². The largest absolute Gasteiger partial charge is 0.354 e. The van der Waals surface area contributed by atoms with E-state index < -0.39 is 5.54 Å². The molecule has 0 radical (unpaired) electrons. The van der Waals surface area contributed by atoms with Crippen LogP contribution in [0.1, 0.15) is 38.5 Å². The van der Waals surface area contributed by atoms with Crippen LogP contribution in [0.25, 0.3) is 0 Å². The number of carbonyl (C=O) groups excluding carboxylic acids is 3. The van der Waals surface area contributed by atoms with Crippen molar-refractivity contribution in [1.29, 1.82) is 0 Å². The summed E-state index contributed by atoms with van der Waals surface area (Å²) in [6.07, 6.45) is 5.05. The van der Waals surface area contributed by atoms with Crippen molar-refractivity contribution in [2.45, 2.75) is 44.1 Å². The molecule has 1 spiro atoms. The molecule has 2 fully saturated rings. The van der Waals surface area contributed by atoms with Crippen molar-refractivity contribution in [1.82, 2.24) is 15.1 Å². The first-order valence-corrected chi connectivity index (χ1v) is 7.59. The Balaban J connectivity index is 2.02. The van der Waals surface area contributed by atoms with Crippen LogP contribution in [0, 0.1) is 0 Å². The quantitative estimate of drug-likeness (QED) is 0.553. The number of carbonyl (C=O) groups is 3. The van der Waals surface area contributed by atoms with Gasteiger partial charge in [-0.3, -0.25) is 14.5 Å². The monoisotopic (exact) mass is 296 g/mol. The molecule has 3 N–H and O–H groups in total. The fraction of sp³-hybridized carbons (Fsp3) is 0.786. The minimum absolute atomic E-state index is 0.200. The Morgan fingerprint density at radius 3 is 2.57 bits per heavy atom. The second kappa shape index (κ2) is 6.43. The highest BCUT2D eigenvalue weighted by Crippen LogP contribution is 2.39. The summed E-state index contributed by atoms with van der Waals surface area (Å²) in [7, 11) is 1.66. The van der Waals surface area contributed by atoms with E-state index in [-0.39, 0.29) is 24.4 Å². The molecule has 4 amide bonds. The molecule has 1 aliphatic heterocycles. The predicted octanol–water partition coefficient (Wildman–Crippen LogP) is 0.0483. The van der Waals surface area contributed by atoms with E-state index in [1.165, 1.54) is 4.90 Å². The Bertz CT molecular complexity index is 432. The van der Waals surface area contributed by atoms with Crippen LogP contribution in [-0.4, -0.2) is 59.9 Å². The van der Waals surface area contributed by atoms with E-state index in [2.05, 4.69) is 5.32 Å².